The number of carbonyl (C=O) groups is 1. The molecule has 1 atom stereocenters. The van der Waals surface area contributed by atoms with Gasteiger partial charge >= 0.3 is 12.1 Å². The molecule has 0 saturated heterocycles. The number of hydrogen-bond acceptors (Lipinski definition) is 2. The lowest BCUT2D eigenvalue weighted by molar-refractivity contribution is -0.159. The first-order valence-electron chi connectivity index (χ1n) is 5.04. The Morgan fingerprint density at radius 2 is 1.82 bits per heavy atom. The molecule has 1 aromatic rings. The van der Waals surface area contributed by atoms with Gasteiger partial charge in [0.05, 0.1) is 19.4 Å². The van der Waals surface area contributed by atoms with Crippen molar-refractivity contribution >= 4 is 5.97 Å². The summed E-state index contributed by atoms with van der Waals surface area (Å²) in [7, 11) is 1.08. The number of methoxy groups -OCH3 is 1. The van der Waals surface area contributed by atoms with Crippen LogP contribution in [-0.2, 0) is 9.53 Å². The molecule has 0 saturated carbocycles. The molecule has 0 spiro atoms. The Balaban J connectivity index is 2.98. The first kappa shape index (κ1) is 13.5. The molecule has 0 aliphatic rings. The van der Waals surface area contributed by atoms with Crippen LogP contribution >= 0.6 is 0 Å². The minimum Gasteiger partial charge on any atom is -0.469 e. The molecular weight excluding hydrogens is 233 g/mol. The third kappa shape index (κ3) is 4.09. The molecular formula is C12H13F3O2. The fourth-order valence-corrected chi connectivity index (χ4v) is 1.51. The van der Waals surface area contributed by atoms with E-state index in [0.29, 0.717) is 5.56 Å². The van der Waals surface area contributed by atoms with Crippen molar-refractivity contribution < 1.29 is 22.7 Å². The molecule has 0 aliphatic carbocycles. The van der Waals surface area contributed by atoms with E-state index >= 15 is 0 Å². The highest BCUT2D eigenvalue weighted by Crippen LogP contribution is 2.32. The van der Waals surface area contributed by atoms with Gasteiger partial charge in [0.1, 0.15) is 0 Å². The third-order valence-corrected chi connectivity index (χ3v) is 2.40. The molecule has 0 unspecified atom stereocenters. The van der Waals surface area contributed by atoms with Crippen LogP contribution < -0.4 is 0 Å². The SMILES string of the molecule is COC(=O)[C@@H](CC(F)(F)F)c1ccc(C)cc1. The average Bonchev–Trinajstić information content (AvgIpc) is 2.25. The molecule has 94 valence electrons. The number of hydrogen-bond donors (Lipinski definition) is 0. The van der Waals surface area contributed by atoms with Crippen molar-refractivity contribution in [3.05, 3.63) is 35.4 Å². The minimum atomic E-state index is -4.40. The van der Waals surface area contributed by atoms with Gasteiger partial charge in [-0.25, -0.2) is 0 Å². The lowest BCUT2D eigenvalue weighted by atomic mass is 9.95. The summed E-state index contributed by atoms with van der Waals surface area (Å²) < 4.78 is 41.5. The predicted molar refractivity (Wildman–Crippen MR) is 56.6 cm³/mol. The molecule has 1 aromatic carbocycles. The van der Waals surface area contributed by atoms with E-state index in [1.165, 1.54) is 12.1 Å². The first-order valence-corrected chi connectivity index (χ1v) is 5.04. The van der Waals surface area contributed by atoms with Crippen LogP contribution in [-0.4, -0.2) is 19.3 Å². The van der Waals surface area contributed by atoms with Gasteiger partial charge in [0, 0.05) is 0 Å². The summed E-state index contributed by atoms with van der Waals surface area (Å²) in [6.07, 6.45) is -5.60. The topological polar surface area (TPSA) is 26.3 Å². The normalized spacial score (nSPS) is 13.2. The molecule has 0 amide bonds. The van der Waals surface area contributed by atoms with Gasteiger partial charge in [-0.1, -0.05) is 29.8 Å². The van der Waals surface area contributed by atoms with E-state index < -0.39 is 24.5 Å². The second-order valence-corrected chi connectivity index (χ2v) is 3.81. The maximum absolute atomic E-state index is 12.4. The van der Waals surface area contributed by atoms with Gasteiger partial charge in [0.2, 0.25) is 0 Å². The monoisotopic (exact) mass is 246 g/mol. The van der Waals surface area contributed by atoms with E-state index in [2.05, 4.69) is 4.74 Å². The van der Waals surface area contributed by atoms with E-state index in [1.54, 1.807) is 12.1 Å². The van der Waals surface area contributed by atoms with E-state index in [0.717, 1.165) is 12.7 Å². The van der Waals surface area contributed by atoms with Crippen molar-refractivity contribution in [3.8, 4) is 0 Å². The zero-order valence-corrected chi connectivity index (χ0v) is 9.54. The summed E-state index contributed by atoms with van der Waals surface area (Å²) in [6.45, 7) is 1.82. The number of halogens is 3. The third-order valence-electron chi connectivity index (χ3n) is 2.40. The average molecular weight is 246 g/mol. The number of carbonyl (C=O) groups excluding carboxylic acids is 1. The van der Waals surface area contributed by atoms with E-state index in [-0.39, 0.29) is 0 Å². The van der Waals surface area contributed by atoms with Crippen LogP contribution in [0.15, 0.2) is 24.3 Å². The summed E-state index contributed by atoms with van der Waals surface area (Å²) in [5.74, 6) is -2.16. The van der Waals surface area contributed by atoms with E-state index in [9.17, 15) is 18.0 Å². The zero-order chi connectivity index (χ0) is 13.1. The van der Waals surface area contributed by atoms with Crippen LogP contribution in [0, 0.1) is 6.92 Å². The largest absolute Gasteiger partial charge is 0.469 e. The van der Waals surface area contributed by atoms with Crippen molar-refractivity contribution in [1.82, 2.24) is 0 Å². The molecule has 0 radical (unpaired) electrons. The maximum Gasteiger partial charge on any atom is 0.390 e. The Kier molecular flexibility index (Phi) is 4.15. The molecule has 0 N–H and O–H groups in total. The number of ether oxygens (including phenoxy) is 1. The van der Waals surface area contributed by atoms with Crippen LogP contribution in [0.5, 0.6) is 0 Å². The molecule has 0 fully saturated rings. The van der Waals surface area contributed by atoms with Gasteiger partial charge in [0.25, 0.3) is 0 Å². The van der Waals surface area contributed by atoms with Crippen molar-refractivity contribution in [1.29, 1.82) is 0 Å². The fourth-order valence-electron chi connectivity index (χ4n) is 1.51. The Morgan fingerprint density at radius 3 is 2.24 bits per heavy atom. The predicted octanol–water partition coefficient (Wildman–Crippen LogP) is 3.20. The van der Waals surface area contributed by atoms with Crippen LogP contribution in [0.25, 0.3) is 0 Å². The first-order chi connectivity index (χ1) is 7.83. The number of alkyl halides is 3. The van der Waals surface area contributed by atoms with Crippen LogP contribution in [0.1, 0.15) is 23.5 Å². The Bertz CT molecular complexity index is 382. The Hall–Kier alpha value is -1.52. The highest BCUT2D eigenvalue weighted by Gasteiger charge is 2.36. The highest BCUT2D eigenvalue weighted by atomic mass is 19.4. The summed E-state index contributed by atoms with van der Waals surface area (Å²) in [4.78, 5) is 11.4. The van der Waals surface area contributed by atoms with Gasteiger partial charge in [-0.15, -0.1) is 0 Å². The highest BCUT2D eigenvalue weighted by molar-refractivity contribution is 5.78. The van der Waals surface area contributed by atoms with Gasteiger partial charge in [-0.05, 0) is 12.5 Å². The molecule has 0 bridgehead atoms. The summed E-state index contributed by atoms with van der Waals surface area (Å²) in [6, 6.07) is 6.37. The molecule has 2 nitrogen and oxygen atoms in total. The molecule has 1 rings (SSSR count). The second kappa shape index (κ2) is 5.21. The Labute approximate surface area is 97.4 Å². The quantitative estimate of drug-likeness (QED) is 0.765. The van der Waals surface area contributed by atoms with Crippen molar-refractivity contribution in [3.63, 3.8) is 0 Å². The second-order valence-electron chi connectivity index (χ2n) is 3.81. The minimum absolute atomic E-state index is 0.319. The van der Waals surface area contributed by atoms with E-state index in [1.807, 2.05) is 6.92 Å². The Morgan fingerprint density at radius 1 is 1.29 bits per heavy atom. The fraction of sp³-hybridized carbons (Fsp3) is 0.417. The summed E-state index contributed by atoms with van der Waals surface area (Å²) in [5.41, 5.74) is 1.24. The van der Waals surface area contributed by atoms with Crippen LogP contribution in [0.3, 0.4) is 0 Å². The summed E-state index contributed by atoms with van der Waals surface area (Å²) in [5, 5.41) is 0. The van der Waals surface area contributed by atoms with E-state index in [4.69, 9.17) is 0 Å². The van der Waals surface area contributed by atoms with Crippen LogP contribution in [0.4, 0.5) is 13.2 Å². The molecule has 0 aromatic heterocycles. The van der Waals surface area contributed by atoms with Gasteiger partial charge in [-0.3, -0.25) is 4.79 Å². The number of esters is 1. The molecule has 0 heterocycles. The lowest BCUT2D eigenvalue weighted by Gasteiger charge is -2.17. The number of aryl methyl sites for hydroxylation is 1. The van der Waals surface area contributed by atoms with Gasteiger partial charge < -0.3 is 4.74 Å². The zero-order valence-electron chi connectivity index (χ0n) is 9.54. The van der Waals surface area contributed by atoms with Gasteiger partial charge in [-0.2, -0.15) is 13.2 Å². The number of benzene rings is 1. The molecule has 0 aliphatic heterocycles. The molecule has 17 heavy (non-hydrogen) atoms. The standard InChI is InChI=1S/C12H13F3O2/c1-8-3-5-9(6-4-8)10(11(16)17-2)7-12(13,14)15/h3-6,10H,7H2,1-2H3/t10-/m0/s1. The smallest absolute Gasteiger partial charge is 0.390 e. The van der Waals surface area contributed by atoms with Crippen LogP contribution in [0.2, 0.25) is 0 Å². The van der Waals surface area contributed by atoms with Crippen molar-refractivity contribution in [2.24, 2.45) is 0 Å². The van der Waals surface area contributed by atoms with Crippen molar-refractivity contribution in [2.45, 2.75) is 25.4 Å². The molecule has 5 heteroatoms. The maximum atomic E-state index is 12.4. The lowest BCUT2D eigenvalue weighted by Crippen LogP contribution is -2.22. The number of rotatable bonds is 3. The van der Waals surface area contributed by atoms with Gasteiger partial charge in [0.15, 0.2) is 0 Å². The summed E-state index contributed by atoms with van der Waals surface area (Å²) >= 11 is 0. The van der Waals surface area contributed by atoms with Crippen molar-refractivity contribution in [2.75, 3.05) is 7.11 Å².